The van der Waals surface area contributed by atoms with Crippen LogP contribution >= 0.6 is 0 Å². The Morgan fingerprint density at radius 2 is 2.35 bits per heavy atom. The molecule has 2 N–H and O–H groups in total. The van der Waals surface area contributed by atoms with Gasteiger partial charge < -0.3 is 15.3 Å². The van der Waals surface area contributed by atoms with Crippen molar-refractivity contribution in [1.29, 1.82) is 0 Å². The summed E-state index contributed by atoms with van der Waals surface area (Å²) in [6.07, 6.45) is 2.78. The molecule has 0 bridgehead atoms. The highest BCUT2D eigenvalue weighted by atomic mass is 16.3. The summed E-state index contributed by atoms with van der Waals surface area (Å²) < 4.78 is 0. The monoisotopic (exact) mass is 277 g/mol. The van der Waals surface area contributed by atoms with Gasteiger partial charge in [0, 0.05) is 20.1 Å². The minimum atomic E-state index is -0.501. The molecule has 1 aliphatic heterocycles. The molecule has 110 valence electrons. The van der Waals surface area contributed by atoms with Gasteiger partial charge in [-0.25, -0.2) is 0 Å². The summed E-state index contributed by atoms with van der Waals surface area (Å²) in [7, 11) is 1.68. The van der Waals surface area contributed by atoms with Crippen LogP contribution in [0.1, 0.15) is 38.5 Å². The minimum Gasteiger partial charge on any atom is -0.387 e. The molecule has 0 saturated carbocycles. The molecule has 1 fully saturated rings. The SMILES string of the molecule is CC[C@@H](O)c1ccc(N2CCC(C)(C(=O)NC)C2)cn1. The van der Waals surface area contributed by atoms with E-state index in [-0.39, 0.29) is 11.3 Å². The van der Waals surface area contributed by atoms with Gasteiger partial charge in [-0.1, -0.05) is 6.92 Å². The summed E-state index contributed by atoms with van der Waals surface area (Å²) in [5.74, 6) is 0.0889. The molecule has 1 aliphatic rings. The summed E-state index contributed by atoms with van der Waals surface area (Å²) in [6.45, 7) is 5.47. The highest BCUT2D eigenvalue weighted by molar-refractivity contribution is 5.83. The molecule has 0 radical (unpaired) electrons. The molecular formula is C15H23N3O2. The fourth-order valence-electron chi connectivity index (χ4n) is 2.66. The second-order valence-electron chi connectivity index (χ2n) is 5.68. The number of anilines is 1. The first-order chi connectivity index (χ1) is 9.50. The molecule has 5 nitrogen and oxygen atoms in total. The van der Waals surface area contributed by atoms with Crippen LogP contribution in [0, 0.1) is 5.41 Å². The van der Waals surface area contributed by atoms with Gasteiger partial charge in [0.2, 0.25) is 5.91 Å². The minimum absolute atomic E-state index is 0.0889. The van der Waals surface area contributed by atoms with Crippen molar-refractivity contribution in [1.82, 2.24) is 10.3 Å². The second-order valence-corrected chi connectivity index (χ2v) is 5.68. The molecule has 5 heteroatoms. The first kappa shape index (κ1) is 14.8. The summed E-state index contributed by atoms with van der Waals surface area (Å²) >= 11 is 0. The molecule has 1 aromatic rings. The van der Waals surface area contributed by atoms with E-state index in [1.807, 2.05) is 26.0 Å². The Bertz CT molecular complexity index is 475. The van der Waals surface area contributed by atoms with Gasteiger partial charge in [-0.05, 0) is 31.9 Å². The van der Waals surface area contributed by atoms with E-state index in [0.717, 1.165) is 18.7 Å². The maximum atomic E-state index is 11.9. The molecule has 0 aromatic carbocycles. The topological polar surface area (TPSA) is 65.5 Å². The van der Waals surface area contributed by atoms with E-state index in [1.165, 1.54) is 0 Å². The van der Waals surface area contributed by atoms with Crippen LogP contribution in [0.5, 0.6) is 0 Å². The van der Waals surface area contributed by atoms with Crippen molar-refractivity contribution in [2.45, 2.75) is 32.8 Å². The van der Waals surface area contributed by atoms with Gasteiger partial charge in [0.25, 0.3) is 0 Å². The fraction of sp³-hybridized carbons (Fsp3) is 0.600. The quantitative estimate of drug-likeness (QED) is 0.875. The molecule has 0 aliphatic carbocycles. The summed E-state index contributed by atoms with van der Waals surface area (Å²) in [5.41, 5.74) is 1.37. The van der Waals surface area contributed by atoms with Crippen LogP contribution in [-0.4, -0.2) is 36.1 Å². The smallest absolute Gasteiger partial charge is 0.227 e. The maximum Gasteiger partial charge on any atom is 0.227 e. The number of aliphatic hydroxyl groups excluding tert-OH is 1. The largest absolute Gasteiger partial charge is 0.387 e. The lowest BCUT2D eigenvalue weighted by Crippen LogP contribution is -2.39. The highest BCUT2D eigenvalue weighted by Gasteiger charge is 2.39. The van der Waals surface area contributed by atoms with Gasteiger partial charge >= 0.3 is 0 Å². The number of nitrogens with one attached hydrogen (secondary N) is 1. The number of hydrogen-bond donors (Lipinski definition) is 2. The molecule has 1 amide bonds. The van der Waals surface area contributed by atoms with E-state index >= 15 is 0 Å². The summed E-state index contributed by atoms with van der Waals surface area (Å²) in [5, 5.41) is 12.5. The normalized spacial score (nSPS) is 23.7. The van der Waals surface area contributed by atoms with Crippen molar-refractivity contribution in [3.63, 3.8) is 0 Å². The summed E-state index contributed by atoms with van der Waals surface area (Å²) in [6, 6.07) is 3.83. The van der Waals surface area contributed by atoms with Gasteiger partial charge in [-0.15, -0.1) is 0 Å². The Morgan fingerprint density at radius 1 is 1.60 bits per heavy atom. The van der Waals surface area contributed by atoms with Crippen LogP contribution in [-0.2, 0) is 4.79 Å². The maximum absolute atomic E-state index is 11.9. The van der Waals surface area contributed by atoms with Gasteiger partial charge in [0.15, 0.2) is 0 Å². The molecule has 0 spiro atoms. The van der Waals surface area contributed by atoms with Gasteiger partial charge in [0.05, 0.1) is 29.1 Å². The van der Waals surface area contributed by atoms with Crippen molar-refractivity contribution in [2.24, 2.45) is 5.41 Å². The zero-order valence-corrected chi connectivity index (χ0v) is 12.4. The first-order valence-corrected chi connectivity index (χ1v) is 7.11. The van der Waals surface area contributed by atoms with Crippen LogP contribution in [0.3, 0.4) is 0 Å². The number of rotatable bonds is 4. The van der Waals surface area contributed by atoms with Gasteiger partial charge in [-0.3, -0.25) is 9.78 Å². The second kappa shape index (κ2) is 5.79. The van der Waals surface area contributed by atoms with Crippen LogP contribution in [0.2, 0.25) is 0 Å². The number of amides is 1. The Labute approximate surface area is 120 Å². The number of nitrogens with zero attached hydrogens (tertiary/aromatic N) is 2. The predicted molar refractivity (Wildman–Crippen MR) is 78.5 cm³/mol. The molecule has 1 saturated heterocycles. The van der Waals surface area contributed by atoms with E-state index in [9.17, 15) is 9.90 Å². The number of aromatic nitrogens is 1. The predicted octanol–water partition coefficient (Wildman–Crippen LogP) is 1.49. The number of carbonyl (C=O) groups excluding carboxylic acids is 1. The molecule has 1 aromatic heterocycles. The van der Waals surface area contributed by atoms with Crippen molar-refractivity contribution in [2.75, 3.05) is 25.0 Å². The van der Waals surface area contributed by atoms with Crippen molar-refractivity contribution < 1.29 is 9.90 Å². The van der Waals surface area contributed by atoms with Crippen LogP contribution in [0.25, 0.3) is 0 Å². The lowest BCUT2D eigenvalue weighted by Gasteiger charge is -2.24. The van der Waals surface area contributed by atoms with Crippen LogP contribution in [0.4, 0.5) is 5.69 Å². The fourth-order valence-corrected chi connectivity index (χ4v) is 2.66. The molecule has 20 heavy (non-hydrogen) atoms. The zero-order chi connectivity index (χ0) is 14.8. The average molecular weight is 277 g/mol. The van der Waals surface area contributed by atoms with Crippen molar-refractivity contribution in [3.05, 3.63) is 24.0 Å². The number of hydrogen-bond acceptors (Lipinski definition) is 4. The molecule has 2 atom stereocenters. The van der Waals surface area contributed by atoms with E-state index in [1.54, 1.807) is 13.2 Å². The number of aliphatic hydroxyl groups is 1. The first-order valence-electron chi connectivity index (χ1n) is 7.11. The standard InChI is InChI=1S/C15H23N3O2/c1-4-13(19)12-6-5-11(9-17-12)18-8-7-15(2,10-18)14(20)16-3/h5-6,9,13,19H,4,7-8,10H2,1-3H3,(H,16,20)/t13-,15?/m1/s1. The van der Waals surface area contributed by atoms with Gasteiger partial charge in [0.1, 0.15) is 0 Å². The third kappa shape index (κ3) is 2.77. The van der Waals surface area contributed by atoms with Crippen molar-refractivity contribution in [3.8, 4) is 0 Å². The lowest BCUT2D eigenvalue weighted by molar-refractivity contribution is -0.128. The van der Waals surface area contributed by atoms with E-state index in [0.29, 0.717) is 18.7 Å². The van der Waals surface area contributed by atoms with Crippen LogP contribution in [0.15, 0.2) is 18.3 Å². The number of carbonyl (C=O) groups is 1. The lowest BCUT2D eigenvalue weighted by atomic mass is 9.89. The average Bonchev–Trinajstić information content (AvgIpc) is 2.89. The zero-order valence-electron chi connectivity index (χ0n) is 12.4. The summed E-state index contributed by atoms with van der Waals surface area (Å²) in [4.78, 5) is 18.4. The third-order valence-corrected chi connectivity index (χ3v) is 4.11. The van der Waals surface area contributed by atoms with Crippen molar-refractivity contribution >= 4 is 11.6 Å². The molecule has 2 rings (SSSR count). The highest BCUT2D eigenvalue weighted by Crippen LogP contribution is 2.33. The Balaban J connectivity index is 2.09. The molecule has 1 unspecified atom stereocenters. The molecular weight excluding hydrogens is 254 g/mol. The number of pyridine rings is 1. The Morgan fingerprint density at radius 3 is 2.90 bits per heavy atom. The van der Waals surface area contributed by atoms with Crippen LogP contribution < -0.4 is 10.2 Å². The Hall–Kier alpha value is -1.62. The third-order valence-electron chi connectivity index (χ3n) is 4.11. The molecule has 2 heterocycles. The van der Waals surface area contributed by atoms with E-state index in [2.05, 4.69) is 15.2 Å². The Kier molecular flexibility index (Phi) is 4.28. The van der Waals surface area contributed by atoms with E-state index in [4.69, 9.17) is 0 Å². The van der Waals surface area contributed by atoms with Gasteiger partial charge in [-0.2, -0.15) is 0 Å². The van der Waals surface area contributed by atoms with E-state index < -0.39 is 6.10 Å².